The van der Waals surface area contributed by atoms with E-state index in [1.54, 1.807) is 6.20 Å². The third-order valence-corrected chi connectivity index (χ3v) is 5.42. The Labute approximate surface area is 182 Å². The Morgan fingerprint density at radius 3 is 2.29 bits per heavy atom. The van der Waals surface area contributed by atoms with Crippen LogP contribution < -0.4 is 27.8 Å². The van der Waals surface area contributed by atoms with E-state index in [4.69, 9.17) is 17.2 Å². The van der Waals surface area contributed by atoms with E-state index in [1.165, 1.54) is 22.4 Å². The fraction of sp³-hybridized carbons (Fsp3) is 0.208. The molecule has 7 heteroatoms. The van der Waals surface area contributed by atoms with Gasteiger partial charge >= 0.3 is 0 Å². The fourth-order valence-electron chi connectivity index (χ4n) is 3.78. The van der Waals surface area contributed by atoms with Crippen LogP contribution >= 0.6 is 0 Å². The van der Waals surface area contributed by atoms with Crippen molar-refractivity contribution in [3.8, 4) is 0 Å². The van der Waals surface area contributed by atoms with E-state index in [9.17, 15) is 0 Å². The first-order chi connectivity index (χ1) is 15.1. The number of nitrogens with zero attached hydrogens (tertiary/aromatic N) is 1. The van der Waals surface area contributed by atoms with Gasteiger partial charge in [-0.05, 0) is 84.6 Å². The lowest BCUT2D eigenvalue weighted by molar-refractivity contribution is 0.644. The molecule has 1 aromatic heterocycles. The van der Waals surface area contributed by atoms with Gasteiger partial charge in [0.1, 0.15) is 0 Å². The summed E-state index contributed by atoms with van der Waals surface area (Å²) in [4.78, 5) is 0. The van der Waals surface area contributed by atoms with E-state index < -0.39 is 0 Å². The van der Waals surface area contributed by atoms with Crippen LogP contribution in [0.4, 0.5) is 22.7 Å². The minimum absolute atomic E-state index is 0.772. The molecule has 0 amide bonds. The number of H-pyrrole nitrogens is 1. The van der Waals surface area contributed by atoms with Crippen LogP contribution in [0.1, 0.15) is 16.7 Å². The predicted molar refractivity (Wildman–Crippen MR) is 130 cm³/mol. The second-order valence-electron chi connectivity index (χ2n) is 7.76. The van der Waals surface area contributed by atoms with Crippen molar-refractivity contribution in [1.29, 1.82) is 0 Å². The highest BCUT2D eigenvalue weighted by atomic mass is 15.1. The van der Waals surface area contributed by atoms with E-state index >= 15 is 0 Å². The summed E-state index contributed by atoms with van der Waals surface area (Å²) in [6, 6.07) is 17.8. The van der Waals surface area contributed by atoms with Gasteiger partial charge < -0.3 is 27.8 Å². The average molecular weight is 416 g/mol. The highest BCUT2D eigenvalue weighted by Gasteiger charge is 2.08. The molecular weight excluding hydrogens is 386 g/mol. The highest BCUT2D eigenvalue weighted by molar-refractivity contribution is 5.81. The summed E-state index contributed by atoms with van der Waals surface area (Å²) >= 11 is 0. The number of nitrogen functional groups attached to an aromatic ring is 3. The molecule has 31 heavy (non-hydrogen) atoms. The van der Waals surface area contributed by atoms with Crippen LogP contribution in [0, 0.1) is 0 Å². The summed E-state index contributed by atoms with van der Waals surface area (Å²) in [7, 11) is 0. The molecule has 9 N–H and O–H groups in total. The number of aromatic nitrogens is 2. The molecule has 6 rings (SSSR count). The number of aromatic amines is 1. The van der Waals surface area contributed by atoms with Crippen molar-refractivity contribution in [1.82, 2.24) is 15.5 Å². The van der Waals surface area contributed by atoms with Gasteiger partial charge in [-0.1, -0.05) is 6.07 Å². The van der Waals surface area contributed by atoms with Gasteiger partial charge in [0, 0.05) is 41.2 Å². The van der Waals surface area contributed by atoms with Gasteiger partial charge in [0.25, 0.3) is 0 Å². The second kappa shape index (κ2) is 9.40. The SMILES string of the molecule is Nc1ccc2[nH]ncc2c1.Nc1ccc2c(c1)CCN2.Nc1ccc2c(c1)CCNC2. The van der Waals surface area contributed by atoms with Crippen LogP contribution in [0.5, 0.6) is 0 Å². The third-order valence-electron chi connectivity index (χ3n) is 5.42. The predicted octanol–water partition coefficient (Wildman–Crippen LogP) is 3.30. The first-order valence-electron chi connectivity index (χ1n) is 10.5. The van der Waals surface area contributed by atoms with Gasteiger partial charge in [-0.25, -0.2) is 0 Å². The monoisotopic (exact) mass is 415 g/mol. The molecule has 3 aromatic carbocycles. The molecule has 3 heterocycles. The average Bonchev–Trinajstić information content (AvgIpc) is 3.43. The zero-order valence-electron chi connectivity index (χ0n) is 17.5. The number of fused-ring (bicyclic) bond motifs is 3. The third kappa shape index (κ3) is 5.26. The normalized spacial score (nSPS) is 13.7. The van der Waals surface area contributed by atoms with Crippen molar-refractivity contribution in [2.75, 3.05) is 35.6 Å². The Morgan fingerprint density at radius 2 is 1.42 bits per heavy atom. The molecule has 0 aliphatic carbocycles. The Hall–Kier alpha value is -3.71. The maximum absolute atomic E-state index is 5.66. The summed E-state index contributed by atoms with van der Waals surface area (Å²) in [6.45, 7) is 3.13. The van der Waals surface area contributed by atoms with Crippen LogP contribution in [0.2, 0.25) is 0 Å². The van der Waals surface area contributed by atoms with Crippen molar-refractivity contribution in [3.63, 3.8) is 0 Å². The van der Waals surface area contributed by atoms with Crippen LogP contribution in [0.15, 0.2) is 60.8 Å². The van der Waals surface area contributed by atoms with Gasteiger partial charge in [0.2, 0.25) is 0 Å². The Bertz CT molecular complexity index is 1170. The van der Waals surface area contributed by atoms with Crippen molar-refractivity contribution < 1.29 is 0 Å². The van der Waals surface area contributed by atoms with Gasteiger partial charge in [0.05, 0.1) is 11.7 Å². The number of rotatable bonds is 0. The zero-order valence-corrected chi connectivity index (χ0v) is 17.5. The van der Waals surface area contributed by atoms with Gasteiger partial charge in [-0.2, -0.15) is 5.10 Å². The van der Waals surface area contributed by atoms with Crippen LogP contribution in [-0.2, 0) is 19.4 Å². The lowest BCUT2D eigenvalue weighted by atomic mass is 10.0. The number of nitrogens with one attached hydrogen (secondary N) is 3. The van der Waals surface area contributed by atoms with Crippen LogP contribution in [0.25, 0.3) is 10.9 Å². The molecule has 0 unspecified atom stereocenters. The van der Waals surface area contributed by atoms with Crippen molar-refractivity contribution in [3.05, 3.63) is 77.5 Å². The summed E-state index contributed by atoms with van der Waals surface area (Å²) in [5.41, 5.74) is 25.7. The summed E-state index contributed by atoms with van der Waals surface area (Å²) in [5, 5.41) is 14.3. The molecule has 0 atom stereocenters. The zero-order chi connectivity index (χ0) is 21.6. The molecule has 0 saturated heterocycles. The highest BCUT2D eigenvalue weighted by Crippen LogP contribution is 2.23. The van der Waals surface area contributed by atoms with Gasteiger partial charge in [0.15, 0.2) is 0 Å². The van der Waals surface area contributed by atoms with E-state index in [0.717, 1.165) is 60.4 Å². The quantitative estimate of drug-likeness (QED) is 0.244. The minimum Gasteiger partial charge on any atom is -0.399 e. The Morgan fingerprint density at radius 1 is 0.710 bits per heavy atom. The van der Waals surface area contributed by atoms with Crippen LogP contribution in [-0.4, -0.2) is 23.3 Å². The number of benzene rings is 3. The van der Waals surface area contributed by atoms with E-state index in [1.807, 2.05) is 42.5 Å². The molecule has 2 aliphatic heterocycles. The van der Waals surface area contributed by atoms with Crippen LogP contribution in [0.3, 0.4) is 0 Å². The van der Waals surface area contributed by atoms with Crippen molar-refractivity contribution in [2.24, 2.45) is 0 Å². The van der Waals surface area contributed by atoms with Crippen molar-refractivity contribution >= 4 is 33.7 Å². The minimum atomic E-state index is 0.772. The molecule has 2 aliphatic rings. The summed E-state index contributed by atoms with van der Waals surface area (Å²) in [5.74, 6) is 0. The van der Waals surface area contributed by atoms with E-state index in [0.29, 0.717) is 0 Å². The molecule has 0 spiro atoms. The molecule has 0 fully saturated rings. The first kappa shape index (κ1) is 20.6. The number of anilines is 4. The summed E-state index contributed by atoms with van der Waals surface area (Å²) in [6.07, 6.45) is 3.98. The van der Waals surface area contributed by atoms with Gasteiger partial charge in [-0.3, -0.25) is 5.10 Å². The molecule has 0 radical (unpaired) electrons. The summed E-state index contributed by atoms with van der Waals surface area (Å²) < 4.78 is 0. The molecular formula is C24H29N7. The molecule has 0 bridgehead atoms. The largest absolute Gasteiger partial charge is 0.399 e. The maximum atomic E-state index is 5.66. The molecule has 160 valence electrons. The first-order valence-corrected chi connectivity index (χ1v) is 10.5. The number of hydrogen-bond acceptors (Lipinski definition) is 6. The Balaban J connectivity index is 0.000000112. The molecule has 4 aromatic rings. The standard InChI is InChI=1S/C9H12N2.C8H10N2.C7H7N3/c10-9-2-1-8-6-11-4-3-7(8)5-9;9-7-1-2-8-6(5-7)3-4-10-8;8-6-1-2-7-5(3-6)4-9-10-7/h1-2,5,11H,3-4,6,10H2;1-2,5,10H,3-4,9H2;1-4H,8H2,(H,9,10). The topological polar surface area (TPSA) is 131 Å². The fourth-order valence-corrected chi connectivity index (χ4v) is 3.78. The molecule has 7 nitrogen and oxygen atoms in total. The van der Waals surface area contributed by atoms with Crippen molar-refractivity contribution in [2.45, 2.75) is 19.4 Å². The van der Waals surface area contributed by atoms with E-state index in [-0.39, 0.29) is 0 Å². The number of nitrogens with two attached hydrogens (primary N) is 3. The lowest BCUT2D eigenvalue weighted by Crippen LogP contribution is -2.23. The Kier molecular flexibility index (Phi) is 6.24. The maximum Gasteiger partial charge on any atom is 0.0651 e. The van der Waals surface area contributed by atoms with Gasteiger partial charge in [-0.15, -0.1) is 0 Å². The molecule has 0 saturated carbocycles. The number of hydrogen-bond donors (Lipinski definition) is 6. The second-order valence-corrected chi connectivity index (χ2v) is 7.76. The lowest BCUT2D eigenvalue weighted by Gasteiger charge is -2.16. The van der Waals surface area contributed by atoms with E-state index in [2.05, 4.69) is 33.0 Å². The smallest absolute Gasteiger partial charge is 0.0651 e.